The summed E-state index contributed by atoms with van der Waals surface area (Å²) in [6.07, 6.45) is 0. The van der Waals surface area contributed by atoms with Crippen LogP contribution in [0.15, 0.2) is 62.2 Å². The number of rotatable bonds is 3. The van der Waals surface area contributed by atoms with Crippen LogP contribution in [0.25, 0.3) is 22.4 Å². The molecular weight excluding hydrogens is 380 g/mol. The standard InChI is InChI=1S/C19H14N4O4S/c1-10-7-8-12-13(9-10)26-17(25)14(15(12)24)16-22-23-18(27-16)21-19(28)20-11-5-3-2-4-6-11/h2-9,24H,1H3,(H2,20,21,23,28). The van der Waals surface area contributed by atoms with Gasteiger partial charge < -0.3 is 19.3 Å². The Morgan fingerprint density at radius 1 is 1.07 bits per heavy atom. The highest BCUT2D eigenvalue weighted by molar-refractivity contribution is 7.80. The molecule has 0 aliphatic carbocycles. The fourth-order valence-electron chi connectivity index (χ4n) is 2.64. The zero-order chi connectivity index (χ0) is 19.7. The van der Waals surface area contributed by atoms with Gasteiger partial charge in [-0.3, -0.25) is 5.32 Å². The molecule has 2 aromatic heterocycles. The number of para-hydroxylation sites is 1. The average molecular weight is 394 g/mol. The molecule has 0 radical (unpaired) electrons. The third-order valence-electron chi connectivity index (χ3n) is 3.93. The largest absolute Gasteiger partial charge is 0.506 e. The van der Waals surface area contributed by atoms with E-state index in [1.54, 1.807) is 18.2 Å². The predicted molar refractivity (Wildman–Crippen MR) is 108 cm³/mol. The van der Waals surface area contributed by atoms with Gasteiger partial charge in [0.25, 0.3) is 5.89 Å². The number of thiocarbonyl (C=S) groups is 1. The molecular formula is C19H14N4O4S. The van der Waals surface area contributed by atoms with Gasteiger partial charge in [0.1, 0.15) is 11.3 Å². The number of anilines is 2. The third-order valence-corrected chi connectivity index (χ3v) is 4.13. The van der Waals surface area contributed by atoms with Crippen LogP contribution >= 0.6 is 12.2 Å². The van der Waals surface area contributed by atoms with Crippen LogP contribution in [-0.4, -0.2) is 20.4 Å². The number of fused-ring (bicyclic) bond motifs is 1. The van der Waals surface area contributed by atoms with E-state index in [1.165, 1.54) is 0 Å². The molecule has 28 heavy (non-hydrogen) atoms. The molecule has 0 atom stereocenters. The van der Waals surface area contributed by atoms with E-state index in [4.69, 9.17) is 21.1 Å². The maximum Gasteiger partial charge on any atom is 0.353 e. The summed E-state index contributed by atoms with van der Waals surface area (Å²) < 4.78 is 10.7. The van der Waals surface area contributed by atoms with Crippen LogP contribution in [0.5, 0.6) is 5.75 Å². The first-order valence-corrected chi connectivity index (χ1v) is 8.65. The minimum Gasteiger partial charge on any atom is -0.506 e. The number of aromatic hydroxyl groups is 1. The zero-order valence-corrected chi connectivity index (χ0v) is 15.4. The topological polar surface area (TPSA) is 113 Å². The Hall–Kier alpha value is -3.72. The van der Waals surface area contributed by atoms with Gasteiger partial charge >= 0.3 is 11.6 Å². The molecule has 0 fully saturated rings. The summed E-state index contributed by atoms with van der Waals surface area (Å²) in [7, 11) is 0. The molecule has 4 aromatic rings. The highest BCUT2D eigenvalue weighted by atomic mass is 32.1. The highest BCUT2D eigenvalue weighted by Crippen LogP contribution is 2.33. The zero-order valence-electron chi connectivity index (χ0n) is 14.6. The van der Waals surface area contributed by atoms with Crippen molar-refractivity contribution in [2.75, 3.05) is 10.6 Å². The van der Waals surface area contributed by atoms with Crippen LogP contribution in [0.1, 0.15) is 5.56 Å². The molecule has 0 amide bonds. The van der Waals surface area contributed by atoms with Crippen LogP contribution in [0.4, 0.5) is 11.7 Å². The number of aromatic nitrogens is 2. The van der Waals surface area contributed by atoms with Crippen molar-refractivity contribution in [3.63, 3.8) is 0 Å². The summed E-state index contributed by atoms with van der Waals surface area (Å²) in [5.74, 6) is -0.467. The Balaban J connectivity index is 1.61. The molecule has 8 nitrogen and oxygen atoms in total. The second-order valence-electron chi connectivity index (χ2n) is 5.97. The van der Waals surface area contributed by atoms with Gasteiger partial charge in [0, 0.05) is 5.69 Å². The fourth-order valence-corrected chi connectivity index (χ4v) is 2.84. The Morgan fingerprint density at radius 3 is 2.64 bits per heavy atom. The molecule has 0 spiro atoms. The van der Waals surface area contributed by atoms with Gasteiger partial charge in [-0.25, -0.2) is 4.79 Å². The number of hydrogen-bond donors (Lipinski definition) is 3. The second kappa shape index (κ2) is 7.12. The minimum absolute atomic E-state index is 0.0359. The van der Waals surface area contributed by atoms with Crippen molar-refractivity contribution in [2.24, 2.45) is 0 Å². The van der Waals surface area contributed by atoms with Gasteiger partial charge in [-0.1, -0.05) is 29.4 Å². The summed E-state index contributed by atoms with van der Waals surface area (Å²) in [6.45, 7) is 1.85. The molecule has 0 saturated heterocycles. The van der Waals surface area contributed by atoms with E-state index in [1.807, 2.05) is 37.3 Å². The van der Waals surface area contributed by atoms with Gasteiger partial charge in [-0.2, -0.15) is 0 Å². The highest BCUT2D eigenvalue weighted by Gasteiger charge is 2.21. The number of nitrogens with zero attached hydrogens (tertiary/aromatic N) is 2. The van der Waals surface area contributed by atoms with E-state index in [0.29, 0.717) is 5.39 Å². The van der Waals surface area contributed by atoms with Gasteiger partial charge in [0.15, 0.2) is 10.7 Å². The maximum absolute atomic E-state index is 12.3. The van der Waals surface area contributed by atoms with Crippen molar-refractivity contribution >= 4 is 40.0 Å². The quantitative estimate of drug-likeness (QED) is 0.354. The summed E-state index contributed by atoms with van der Waals surface area (Å²) in [6, 6.07) is 14.4. The van der Waals surface area contributed by atoms with Gasteiger partial charge in [0.05, 0.1) is 5.39 Å². The van der Waals surface area contributed by atoms with Crippen molar-refractivity contribution in [1.29, 1.82) is 0 Å². The molecule has 0 aliphatic rings. The molecule has 4 rings (SSSR count). The molecule has 3 N–H and O–H groups in total. The summed E-state index contributed by atoms with van der Waals surface area (Å²) in [5.41, 5.74) is 0.960. The second-order valence-corrected chi connectivity index (χ2v) is 6.38. The molecule has 2 heterocycles. The third kappa shape index (κ3) is 3.42. The molecule has 9 heteroatoms. The minimum atomic E-state index is -0.782. The normalized spacial score (nSPS) is 10.8. The van der Waals surface area contributed by atoms with Crippen molar-refractivity contribution in [1.82, 2.24) is 10.2 Å². The van der Waals surface area contributed by atoms with Crippen LogP contribution in [-0.2, 0) is 0 Å². The lowest BCUT2D eigenvalue weighted by Crippen LogP contribution is -2.19. The molecule has 2 aromatic carbocycles. The molecule has 0 bridgehead atoms. The molecule has 140 valence electrons. The van der Waals surface area contributed by atoms with Gasteiger partial charge in [-0.05, 0) is 49.0 Å². The van der Waals surface area contributed by atoms with Crippen molar-refractivity contribution in [3.05, 3.63) is 64.5 Å². The first kappa shape index (κ1) is 17.7. The lowest BCUT2D eigenvalue weighted by molar-refractivity contribution is 0.465. The van der Waals surface area contributed by atoms with E-state index in [-0.39, 0.29) is 33.9 Å². The summed E-state index contributed by atoms with van der Waals surface area (Å²) in [4.78, 5) is 12.3. The first-order valence-electron chi connectivity index (χ1n) is 8.24. The van der Waals surface area contributed by atoms with E-state index >= 15 is 0 Å². The van der Waals surface area contributed by atoms with E-state index in [9.17, 15) is 9.90 Å². The van der Waals surface area contributed by atoms with Crippen LogP contribution in [0, 0.1) is 6.92 Å². The van der Waals surface area contributed by atoms with Crippen LogP contribution in [0.3, 0.4) is 0 Å². The van der Waals surface area contributed by atoms with Gasteiger partial charge in [0.2, 0.25) is 0 Å². The monoisotopic (exact) mass is 394 g/mol. The Kier molecular flexibility index (Phi) is 4.50. The Labute approximate surface area is 163 Å². The number of hydrogen-bond acceptors (Lipinski definition) is 7. The number of nitrogens with one attached hydrogen (secondary N) is 2. The predicted octanol–water partition coefficient (Wildman–Crippen LogP) is 3.67. The van der Waals surface area contributed by atoms with E-state index in [2.05, 4.69) is 20.8 Å². The fraction of sp³-hybridized carbons (Fsp3) is 0.0526. The Bertz CT molecular complexity index is 1230. The molecule has 0 unspecified atom stereocenters. The first-order chi connectivity index (χ1) is 13.5. The summed E-state index contributed by atoms with van der Waals surface area (Å²) in [5, 5.41) is 24.4. The van der Waals surface area contributed by atoms with Crippen LogP contribution in [0.2, 0.25) is 0 Å². The van der Waals surface area contributed by atoms with Crippen molar-refractivity contribution < 1.29 is 13.9 Å². The number of benzene rings is 2. The van der Waals surface area contributed by atoms with E-state index < -0.39 is 5.63 Å². The van der Waals surface area contributed by atoms with Crippen LogP contribution < -0.4 is 16.3 Å². The smallest absolute Gasteiger partial charge is 0.353 e. The summed E-state index contributed by atoms with van der Waals surface area (Å²) >= 11 is 5.19. The Morgan fingerprint density at radius 2 is 1.86 bits per heavy atom. The number of aryl methyl sites for hydroxylation is 1. The lowest BCUT2D eigenvalue weighted by Gasteiger charge is -2.06. The molecule has 0 aliphatic heterocycles. The lowest BCUT2D eigenvalue weighted by atomic mass is 10.1. The van der Waals surface area contributed by atoms with Crippen molar-refractivity contribution in [2.45, 2.75) is 6.92 Å². The SMILES string of the molecule is Cc1ccc2c(O)c(-c3nnc(NC(=S)Nc4ccccc4)o3)c(=O)oc2c1. The van der Waals surface area contributed by atoms with Gasteiger partial charge in [-0.15, -0.1) is 5.10 Å². The average Bonchev–Trinajstić information content (AvgIpc) is 3.10. The maximum atomic E-state index is 12.3. The van der Waals surface area contributed by atoms with E-state index in [0.717, 1.165) is 11.3 Å². The molecule has 0 saturated carbocycles. The van der Waals surface area contributed by atoms with Crippen molar-refractivity contribution in [3.8, 4) is 17.2 Å².